The molecule has 16 nitrogen and oxygen atoms in total. The predicted molar refractivity (Wildman–Crippen MR) is 101 cm³/mol. The third-order valence-electron chi connectivity index (χ3n) is 6.09. The maximum atomic E-state index is 10.5. The lowest BCUT2D eigenvalue weighted by Crippen LogP contribution is -2.67. The maximum Gasteiger partial charge on any atom is 0.187 e. The summed E-state index contributed by atoms with van der Waals surface area (Å²) in [4.78, 5) is 0. The Hall–Kier alpha value is -0.640. The van der Waals surface area contributed by atoms with Gasteiger partial charge in [-0.25, -0.2) is 0 Å². The molecule has 15 atom stereocenters. The van der Waals surface area contributed by atoms with Crippen LogP contribution in [0.1, 0.15) is 0 Å². The highest BCUT2D eigenvalue weighted by Crippen LogP contribution is 2.32. The zero-order valence-corrected chi connectivity index (χ0v) is 17.7. The van der Waals surface area contributed by atoms with Crippen LogP contribution in [0.2, 0.25) is 0 Å². The first kappa shape index (κ1) is 27.9. The molecule has 3 heterocycles. The summed E-state index contributed by atoms with van der Waals surface area (Å²) >= 11 is 0. The lowest BCUT2D eigenvalue weighted by molar-refractivity contribution is -0.383. The van der Waals surface area contributed by atoms with Crippen LogP contribution in [0.3, 0.4) is 0 Å². The molecule has 0 spiro atoms. The zero-order chi connectivity index (χ0) is 25.3. The number of aliphatic hydroxyl groups excluding tert-OH is 11. The summed E-state index contributed by atoms with van der Waals surface area (Å²) in [6, 6.07) is 0. The van der Waals surface area contributed by atoms with Crippen molar-refractivity contribution in [3.63, 3.8) is 0 Å². The molecule has 0 aromatic carbocycles. The Kier molecular flexibility index (Phi) is 9.54. The van der Waals surface area contributed by atoms with E-state index in [2.05, 4.69) is 0 Å². The third-order valence-corrected chi connectivity index (χ3v) is 6.09. The highest BCUT2D eigenvalue weighted by Gasteiger charge is 2.53. The van der Waals surface area contributed by atoms with E-state index >= 15 is 0 Å². The van der Waals surface area contributed by atoms with E-state index in [0.29, 0.717) is 0 Å². The molecule has 0 radical (unpaired) electrons. The Morgan fingerprint density at radius 2 is 0.853 bits per heavy atom. The molecule has 3 aliphatic heterocycles. The smallest absolute Gasteiger partial charge is 0.187 e. The van der Waals surface area contributed by atoms with E-state index in [-0.39, 0.29) is 0 Å². The first-order valence-electron chi connectivity index (χ1n) is 10.6. The van der Waals surface area contributed by atoms with Gasteiger partial charge in [-0.3, -0.25) is 0 Å². The number of ether oxygens (including phenoxy) is 5. The number of aliphatic hydroxyl groups is 11. The van der Waals surface area contributed by atoms with Gasteiger partial charge in [-0.1, -0.05) is 0 Å². The summed E-state index contributed by atoms with van der Waals surface area (Å²) in [5.41, 5.74) is 0. The van der Waals surface area contributed by atoms with Crippen molar-refractivity contribution >= 4 is 0 Å². The van der Waals surface area contributed by atoms with Gasteiger partial charge in [0.25, 0.3) is 0 Å². The maximum absolute atomic E-state index is 10.5. The molecule has 3 fully saturated rings. The fourth-order valence-corrected chi connectivity index (χ4v) is 4.04. The summed E-state index contributed by atoms with van der Waals surface area (Å²) in [5.74, 6) is 0. The van der Waals surface area contributed by atoms with E-state index in [1.54, 1.807) is 0 Å². The van der Waals surface area contributed by atoms with Gasteiger partial charge < -0.3 is 79.9 Å². The highest BCUT2D eigenvalue weighted by atomic mass is 16.8. The normalized spacial score (nSPS) is 52.5. The minimum absolute atomic E-state index is 0.762. The molecular weight excluding hydrogens is 472 g/mol. The van der Waals surface area contributed by atoms with E-state index in [1.165, 1.54) is 0 Å². The van der Waals surface area contributed by atoms with E-state index in [0.717, 1.165) is 0 Å². The van der Waals surface area contributed by atoms with Crippen LogP contribution in [-0.2, 0) is 23.7 Å². The molecule has 34 heavy (non-hydrogen) atoms. The number of hydrogen-bond acceptors (Lipinski definition) is 16. The van der Waals surface area contributed by atoms with Gasteiger partial charge in [0.05, 0.1) is 19.8 Å². The van der Waals surface area contributed by atoms with Gasteiger partial charge in [0.2, 0.25) is 0 Å². The fourth-order valence-electron chi connectivity index (χ4n) is 4.04. The topological polar surface area (TPSA) is 269 Å². The number of hydrogen-bond donors (Lipinski definition) is 11. The molecule has 0 saturated carbocycles. The SMILES string of the molecule is OC[C@H]1O[C@@H](O[C@H]2[C@H](O[C@@H]3O[C@H](CO)[C@@H](O)[C@H](O)[C@H]3O)[C@@H](O)C(O)O[C@@H]2CO)[C@H](O)[C@@H](O)[C@@H]1O. The second kappa shape index (κ2) is 11.6. The standard InChI is InChI=1S/C18H32O16/c19-1-4-7(22)9(24)11(26)17(31-4)33-14-6(3-21)30-16(29)13(28)15(14)34-18-12(27)10(25)8(23)5(2-20)32-18/h4-29H,1-3H2/t4-,5-,6-,7-,8-,9+,10+,11-,12-,13-,14-,15-,16?,17+,18+/m1/s1. The second-order valence-corrected chi connectivity index (χ2v) is 8.33. The molecule has 11 N–H and O–H groups in total. The highest BCUT2D eigenvalue weighted by molar-refractivity contribution is 4.96. The van der Waals surface area contributed by atoms with Crippen molar-refractivity contribution in [1.29, 1.82) is 0 Å². The van der Waals surface area contributed by atoms with Crippen molar-refractivity contribution in [1.82, 2.24) is 0 Å². The van der Waals surface area contributed by atoms with Crippen LogP contribution in [0.25, 0.3) is 0 Å². The van der Waals surface area contributed by atoms with E-state index < -0.39 is 112 Å². The zero-order valence-electron chi connectivity index (χ0n) is 17.7. The number of rotatable bonds is 7. The summed E-state index contributed by atoms with van der Waals surface area (Å²) in [6.45, 7) is -2.35. The van der Waals surface area contributed by atoms with Gasteiger partial charge in [0.15, 0.2) is 18.9 Å². The molecule has 3 saturated heterocycles. The van der Waals surface area contributed by atoms with Crippen molar-refractivity contribution < 1.29 is 79.9 Å². The van der Waals surface area contributed by atoms with Crippen LogP contribution in [-0.4, -0.2) is 168 Å². The van der Waals surface area contributed by atoms with Gasteiger partial charge in [-0.2, -0.15) is 0 Å². The van der Waals surface area contributed by atoms with Crippen molar-refractivity contribution in [2.24, 2.45) is 0 Å². The molecular formula is C18H32O16. The van der Waals surface area contributed by atoms with Gasteiger partial charge in [0, 0.05) is 0 Å². The largest absolute Gasteiger partial charge is 0.394 e. The van der Waals surface area contributed by atoms with Crippen molar-refractivity contribution in [2.75, 3.05) is 19.8 Å². The molecule has 3 rings (SSSR count). The van der Waals surface area contributed by atoms with Gasteiger partial charge >= 0.3 is 0 Å². The molecule has 3 aliphatic rings. The Morgan fingerprint density at radius 3 is 1.26 bits per heavy atom. The molecule has 0 aliphatic carbocycles. The fraction of sp³-hybridized carbons (Fsp3) is 1.00. The lowest BCUT2D eigenvalue weighted by Gasteiger charge is -2.48. The van der Waals surface area contributed by atoms with Gasteiger partial charge in [0.1, 0.15) is 73.2 Å². The summed E-state index contributed by atoms with van der Waals surface area (Å²) in [6.07, 6.45) is -25.6. The Labute approximate surface area is 192 Å². The minimum Gasteiger partial charge on any atom is -0.394 e. The van der Waals surface area contributed by atoms with Crippen LogP contribution in [0.5, 0.6) is 0 Å². The van der Waals surface area contributed by atoms with E-state index in [9.17, 15) is 56.2 Å². The summed E-state index contributed by atoms with van der Waals surface area (Å²) in [7, 11) is 0. The van der Waals surface area contributed by atoms with Crippen molar-refractivity contribution in [2.45, 2.75) is 92.1 Å². The van der Waals surface area contributed by atoms with Gasteiger partial charge in [-0.15, -0.1) is 0 Å². The van der Waals surface area contributed by atoms with Crippen LogP contribution in [0.15, 0.2) is 0 Å². The molecule has 0 aromatic heterocycles. The van der Waals surface area contributed by atoms with Crippen LogP contribution >= 0.6 is 0 Å². The molecule has 0 bridgehead atoms. The van der Waals surface area contributed by atoms with Crippen molar-refractivity contribution in [3.8, 4) is 0 Å². The summed E-state index contributed by atoms with van der Waals surface area (Å²) in [5, 5.41) is 109. The Bertz CT molecular complexity index is 599. The molecule has 0 aromatic rings. The minimum atomic E-state index is -1.93. The molecule has 200 valence electrons. The van der Waals surface area contributed by atoms with Crippen LogP contribution < -0.4 is 0 Å². The molecule has 1 unspecified atom stereocenters. The third kappa shape index (κ3) is 5.37. The Balaban J connectivity index is 1.84. The van der Waals surface area contributed by atoms with Crippen LogP contribution in [0, 0.1) is 0 Å². The monoisotopic (exact) mass is 504 g/mol. The second-order valence-electron chi connectivity index (χ2n) is 8.33. The average molecular weight is 504 g/mol. The van der Waals surface area contributed by atoms with E-state index in [1.807, 2.05) is 0 Å². The Morgan fingerprint density at radius 1 is 0.441 bits per heavy atom. The molecule has 16 heteroatoms. The summed E-state index contributed by atoms with van der Waals surface area (Å²) < 4.78 is 26.7. The lowest BCUT2D eigenvalue weighted by atomic mass is 9.96. The quantitative estimate of drug-likeness (QED) is 0.154. The van der Waals surface area contributed by atoms with Crippen LogP contribution in [0.4, 0.5) is 0 Å². The average Bonchev–Trinajstić information content (AvgIpc) is 2.83. The first-order chi connectivity index (χ1) is 16.0. The van der Waals surface area contributed by atoms with Crippen molar-refractivity contribution in [3.05, 3.63) is 0 Å². The first-order valence-corrected chi connectivity index (χ1v) is 10.6. The van der Waals surface area contributed by atoms with E-state index in [4.69, 9.17) is 23.7 Å². The molecule has 0 amide bonds. The predicted octanol–water partition coefficient (Wildman–Crippen LogP) is -7.57. The van der Waals surface area contributed by atoms with Gasteiger partial charge in [-0.05, 0) is 0 Å².